The summed E-state index contributed by atoms with van der Waals surface area (Å²) in [7, 11) is 0. The maximum absolute atomic E-state index is 10.00. The Morgan fingerprint density at radius 1 is 0.920 bits per heavy atom. The predicted molar refractivity (Wildman–Crippen MR) is 108 cm³/mol. The minimum Gasteiger partial charge on any atom is -0.508 e. The lowest BCUT2D eigenvalue weighted by atomic mass is 9.96. The number of aryl methyl sites for hydroxylation is 1. The van der Waals surface area contributed by atoms with E-state index in [-0.39, 0.29) is 5.41 Å². The average molecular weight is 343 g/mol. The standard InChI is InChI=1S/C18H20O2.C3H8.C2H6/c1-2-14-7-9-15(10-8-14)20-13-18(11-12-18)16-5-3-4-6-17(16)19;1-3-2;1-2/h3-10,19H,2,11-13H2,1H3;3H2,1-2H3;1-2H3. The van der Waals surface area contributed by atoms with Crippen molar-refractivity contribution in [2.24, 2.45) is 0 Å². The third-order valence-electron chi connectivity index (χ3n) is 4.18. The van der Waals surface area contributed by atoms with Crippen molar-refractivity contribution < 1.29 is 9.84 Å². The van der Waals surface area contributed by atoms with Gasteiger partial charge in [0, 0.05) is 11.0 Å². The SMILES string of the molecule is CC.CCC.CCc1ccc(OCC2(c3ccccc3O)CC2)cc1. The van der Waals surface area contributed by atoms with E-state index in [9.17, 15) is 5.11 Å². The molecule has 1 N–H and O–H groups in total. The summed E-state index contributed by atoms with van der Waals surface area (Å²) in [6.45, 7) is 11.0. The van der Waals surface area contributed by atoms with E-state index >= 15 is 0 Å². The number of rotatable bonds is 5. The summed E-state index contributed by atoms with van der Waals surface area (Å²) in [4.78, 5) is 0. The molecule has 1 aliphatic rings. The summed E-state index contributed by atoms with van der Waals surface area (Å²) in [6, 6.07) is 15.9. The number of aromatic hydroxyl groups is 1. The summed E-state index contributed by atoms with van der Waals surface area (Å²) in [5.41, 5.74) is 2.35. The average Bonchev–Trinajstić information content (AvgIpc) is 3.44. The van der Waals surface area contributed by atoms with Gasteiger partial charge < -0.3 is 9.84 Å². The number of hydrogen-bond acceptors (Lipinski definition) is 2. The molecule has 2 nitrogen and oxygen atoms in total. The van der Waals surface area contributed by atoms with Crippen molar-refractivity contribution in [3.63, 3.8) is 0 Å². The van der Waals surface area contributed by atoms with Gasteiger partial charge in [-0.15, -0.1) is 0 Å². The quantitative estimate of drug-likeness (QED) is 0.671. The second-order valence-corrected chi connectivity index (χ2v) is 6.29. The molecule has 0 amide bonds. The Labute approximate surface area is 153 Å². The fourth-order valence-corrected chi connectivity index (χ4v) is 2.61. The van der Waals surface area contributed by atoms with Gasteiger partial charge in [-0.3, -0.25) is 0 Å². The van der Waals surface area contributed by atoms with Gasteiger partial charge in [-0.2, -0.15) is 0 Å². The second-order valence-electron chi connectivity index (χ2n) is 6.29. The van der Waals surface area contributed by atoms with Crippen LogP contribution in [0.5, 0.6) is 11.5 Å². The molecule has 0 heterocycles. The number of phenolic OH excluding ortho intramolecular Hbond substituents is 1. The Kier molecular flexibility index (Phi) is 9.12. The molecule has 1 aliphatic carbocycles. The van der Waals surface area contributed by atoms with Crippen LogP contribution in [0.1, 0.15) is 65.0 Å². The van der Waals surface area contributed by atoms with Crippen LogP contribution in [0.2, 0.25) is 0 Å². The predicted octanol–water partition coefficient (Wildman–Crippen LogP) is 6.51. The zero-order chi connectivity index (χ0) is 18.7. The molecule has 0 radical (unpaired) electrons. The summed E-state index contributed by atoms with van der Waals surface area (Å²) in [5.74, 6) is 1.29. The van der Waals surface area contributed by atoms with Gasteiger partial charge in [-0.1, -0.05) is 71.4 Å². The molecular formula is C23H34O2. The monoisotopic (exact) mass is 342 g/mol. The van der Waals surface area contributed by atoms with E-state index in [0.717, 1.165) is 30.6 Å². The van der Waals surface area contributed by atoms with Gasteiger partial charge in [0.1, 0.15) is 11.5 Å². The summed E-state index contributed by atoms with van der Waals surface area (Å²) in [5, 5.41) is 10.00. The minimum absolute atomic E-state index is 0.00870. The van der Waals surface area contributed by atoms with E-state index in [1.165, 1.54) is 12.0 Å². The van der Waals surface area contributed by atoms with Crippen LogP contribution in [0.15, 0.2) is 48.5 Å². The number of benzene rings is 2. The highest BCUT2D eigenvalue weighted by molar-refractivity contribution is 5.42. The molecule has 0 saturated heterocycles. The molecule has 0 unspecified atom stereocenters. The number of hydrogen-bond donors (Lipinski definition) is 1. The summed E-state index contributed by atoms with van der Waals surface area (Å²) >= 11 is 0. The Hall–Kier alpha value is -1.96. The Bertz CT molecular complexity index is 598. The molecule has 0 aliphatic heterocycles. The van der Waals surface area contributed by atoms with Gasteiger partial charge >= 0.3 is 0 Å². The first kappa shape index (κ1) is 21.1. The van der Waals surface area contributed by atoms with E-state index < -0.39 is 0 Å². The maximum Gasteiger partial charge on any atom is 0.119 e. The maximum atomic E-state index is 10.00. The lowest BCUT2D eigenvalue weighted by molar-refractivity contribution is 0.274. The van der Waals surface area contributed by atoms with Crippen molar-refractivity contribution in [2.75, 3.05) is 6.61 Å². The molecule has 138 valence electrons. The highest BCUT2D eigenvalue weighted by Crippen LogP contribution is 2.51. The number of ether oxygens (including phenoxy) is 1. The highest BCUT2D eigenvalue weighted by atomic mass is 16.5. The fourth-order valence-electron chi connectivity index (χ4n) is 2.61. The van der Waals surface area contributed by atoms with Crippen LogP contribution in [0.3, 0.4) is 0 Å². The van der Waals surface area contributed by atoms with Crippen LogP contribution in [0.4, 0.5) is 0 Å². The minimum atomic E-state index is 0.00870. The first-order valence-electron chi connectivity index (χ1n) is 9.65. The summed E-state index contributed by atoms with van der Waals surface area (Å²) < 4.78 is 5.93. The first-order chi connectivity index (χ1) is 12.1. The molecule has 1 fully saturated rings. The largest absolute Gasteiger partial charge is 0.508 e. The van der Waals surface area contributed by atoms with Crippen LogP contribution < -0.4 is 4.74 Å². The van der Waals surface area contributed by atoms with Crippen molar-refractivity contribution in [1.82, 2.24) is 0 Å². The van der Waals surface area contributed by atoms with Gasteiger partial charge in [-0.05, 0) is 43.0 Å². The number of phenols is 1. The van der Waals surface area contributed by atoms with Crippen LogP contribution in [0.25, 0.3) is 0 Å². The normalized spacial score (nSPS) is 13.6. The molecule has 0 spiro atoms. The van der Waals surface area contributed by atoms with Crippen LogP contribution in [0, 0.1) is 0 Å². The van der Waals surface area contributed by atoms with Gasteiger partial charge in [0.05, 0.1) is 6.61 Å². The van der Waals surface area contributed by atoms with Crippen LogP contribution >= 0.6 is 0 Å². The molecule has 0 aromatic heterocycles. The van der Waals surface area contributed by atoms with Crippen molar-refractivity contribution in [2.45, 2.75) is 65.7 Å². The molecule has 2 aromatic carbocycles. The third-order valence-corrected chi connectivity index (χ3v) is 4.18. The summed E-state index contributed by atoms with van der Waals surface area (Å²) in [6.07, 6.45) is 4.46. The third kappa shape index (κ3) is 6.12. The second kappa shape index (κ2) is 10.8. The van der Waals surface area contributed by atoms with E-state index in [1.54, 1.807) is 6.07 Å². The zero-order valence-electron chi connectivity index (χ0n) is 16.5. The smallest absolute Gasteiger partial charge is 0.119 e. The molecule has 0 bridgehead atoms. The Morgan fingerprint density at radius 2 is 1.48 bits per heavy atom. The van der Waals surface area contributed by atoms with E-state index in [4.69, 9.17) is 4.74 Å². The molecule has 1 saturated carbocycles. The van der Waals surface area contributed by atoms with Gasteiger partial charge in [-0.25, -0.2) is 0 Å². The van der Waals surface area contributed by atoms with Crippen LogP contribution in [-0.4, -0.2) is 11.7 Å². The Morgan fingerprint density at radius 3 is 1.96 bits per heavy atom. The lowest BCUT2D eigenvalue weighted by Gasteiger charge is -2.18. The van der Waals surface area contributed by atoms with Gasteiger partial charge in [0.25, 0.3) is 0 Å². The van der Waals surface area contributed by atoms with Crippen molar-refractivity contribution in [3.05, 3.63) is 59.7 Å². The molecule has 2 aromatic rings. The number of para-hydroxylation sites is 1. The zero-order valence-corrected chi connectivity index (χ0v) is 16.5. The fraction of sp³-hybridized carbons (Fsp3) is 0.478. The van der Waals surface area contributed by atoms with Crippen molar-refractivity contribution >= 4 is 0 Å². The molecule has 2 heteroatoms. The van der Waals surface area contributed by atoms with E-state index in [0.29, 0.717) is 12.4 Å². The molecule has 3 rings (SSSR count). The lowest BCUT2D eigenvalue weighted by Crippen LogP contribution is -2.17. The molecule has 0 atom stereocenters. The first-order valence-corrected chi connectivity index (χ1v) is 9.65. The Balaban J connectivity index is 0.000000567. The van der Waals surface area contributed by atoms with Gasteiger partial charge in [0.2, 0.25) is 0 Å². The van der Waals surface area contributed by atoms with Gasteiger partial charge in [0.15, 0.2) is 0 Å². The van der Waals surface area contributed by atoms with Crippen LogP contribution in [-0.2, 0) is 11.8 Å². The highest BCUT2D eigenvalue weighted by Gasteiger charge is 2.46. The molecule has 25 heavy (non-hydrogen) atoms. The topological polar surface area (TPSA) is 29.5 Å². The van der Waals surface area contributed by atoms with E-state index in [2.05, 4.69) is 32.9 Å². The van der Waals surface area contributed by atoms with Crippen molar-refractivity contribution in [3.8, 4) is 11.5 Å². The van der Waals surface area contributed by atoms with E-state index in [1.807, 2.05) is 44.2 Å². The molecular weight excluding hydrogens is 308 g/mol. The van der Waals surface area contributed by atoms with Crippen molar-refractivity contribution in [1.29, 1.82) is 0 Å².